The van der Waals surface area contributed by atoms with Crippen LogP contribution in [-0.2, 0) is 23.9 Å². The van der Waals surface area contributed by atoms with E-state index in [0.717, 1.165) is 51.4 Å². The minimum absolute atomic E-state index is 0.0343. The number of hydrogen-bond acceptors (Lipinski definition) is 9. The molecule has 4 N–H and O–H groups in total. The number of alkyl carbamates (subject to hydrolysis) is 1. The molecule has 0 spiro atoms. The molecular formula is C41H73N5O7. The fourth-order valence-corrected chi connectivity index (χ4v) is 11.4. The first-order chi connectivity index (χ1) is 25.1. The normalized spacial score (nSPS) is 38.9. The van der Waals surface area contributed by atoms with Gasteiger partial charge in [0.15, 0.2) is 0 Å². The standard InChI is InChI=1S/C41H73N5O7/c1-23(2)14-15-43-40(50)52-25(4)35-34(22-47)53-46(36(35)39(49)44-33-20-29-19-32(24(33)3)41(29,5)6)21-26-12-11-13-31(37(26)51-10)27-16-28(38(48)42-7)18-30(17-27)45(8)9/h23-37,47H,11-22H2,1-10H3,(H,42,48)(H,43,50)(H,44,49)/t24-,25?,26?,27?,28?,29+,30?,31?,32-,33-,34-,35?,36-,37?/m0/s1. The molecule has 304 valence electrons. The van der Waals surface area contributed by atoms with Crippen LogP contribution < -0.4 is 16.0 Å². The number of carbonyl (C=O) groups excluding carboxylic acids is 3. The van der Waals surface area contributed by atoms with Crippen molar-refractivity contribution in [2.45, 2.75) is 136 Å². The average Bonchev–Trinajstić information content (AvgIpc) is 3.49. The number of aliphatic hydroxyl groups is 1. The quantitative estimate of drug-likeness (QED) is 0.203. The van der Waals surface area contributed by atoms with E-state index in [1.165, 1.54) is 6.42 Å². The van der Waals surface area contributed by atoms with Crippen molar-refractivity contribution in [1.82, 2.24) is 25.9 Å². The topological polar surface area (TPSA) is 142 Å². The van der Waals surface area contributed by atoms with Gasteiger partial charge >= 0.3 is 6.09 Å². The molecule has 3 amide bonds. The van der Waals surface area contributed by atoms with Gasteiger partial charge in [0.05, 0.1) is 18.6 Å². The molecule has 0 radical (unpaired) electrons. The second-order valence-electron chi connectivity index (χ2n) is 18.7. The molecule has 5 saturated carbocycles. The zero-order valence-electron chi connectivity index (χ0n) is 34.4. The molecule has 1 saturated heterocycles. The number of fused-ring (bicyclic) bond motifs is 2. The Morgan fingerprint density at radius 1 is 1.04 bits per heavy atom. The highest BCUT2D eigenvalue weighted by Gasteiger charge is 2.58. The Balaban J connectivity index is 1.37. The molecule has 6 aliphatic rings. The van der Waals surface area contributed by atoms with Crippen LogP contribution in [0.15, 0.2) is 0 Å². The van der Waals surface area contributed by atoms with Crippen LogP contribution in [-0.4, -0.2) is 117 Å². The number of hydrogen-bond donors (Lipinski definition) is 4. The summed E-state index contributed by atoms with van der Waals surface area (Å²) in [5.74, 6) is 1.97. The monoisotopic (exact) mass is 748 g/mol. The summed E-state index contributed by atoms with van der Waals surface area (Å²) in [6, 6.07) is -0.384. The minimum Gasteiger partial charge on any atom is -0.446 e. The van der Waals surface area contributed by atoms with Gasteiger partial charge in [0.2, 0.25) is 11.8 Å². The Kier molecular flexibility index (Phi) is 14.2. The lowest BCUT2D eigenvalue weighted by molar-refractivity contribution is -0.193. The third-order valence-electron chi connectivity index (χ3n) is 14.7. The fraction of sp³-hybridized carbons (Fsp3) is 0.927. The number of carbonyl (C=O) groups is 3. The van der Waals surface area contributed by atoms with E-state index in [1.807, 2.05) is 6.92 Å². The van der Waals surface area contributed by atoms with Gasteiger partial charge in [-0.15, -0.1) is 0 Å². The van der Waals surface area contributed by atoms with Crippen molar-refractivity contribution in [2.24, 2.45) is 58.7 Å². The number of aliphatic hydroxyl groups excluding tert-OH is 1. The first-order valence-electron chi connectivity index (χ1n) is 20.8. The van der Waals surface area contributed by atoms with Crippen LogP contribution in [0.4, 0.5) is 4.79 Å². The van der Waals surface area contributed by atoms with E-state index in [4.69, 9.17) is 14.3 Å². The summed E-state index contributed by atoms with van der Waals surface area (Å²) in [6.45, 7) is 13.7. The molecule has 12 nitrogen and oxygen atoms in total. The minimum atomic E-state index is -0.757. The molecule has 0 aromatic heterocycles. The van der Waals surface area contributed by atoms with Crippen LogP contribution in [0.2, 0.25) is 0 Å². The van der Waals surface area contributed by atoms with Gasteiger partial charge in [0.1, 0.15) is 18.2 Å². The molecule has 6 rings (SSSR count). The lowest BCUT2D eigenvalue weighted by Gasteiger charge is -2.62. The van der Waals surface area contributed by atoms with Crippen LogP contribution in [0.3, 0.4) is 0 Å². The smallest absolute Gasteiger partial charge is 0.407 e. The summed E-state index contributed by atoms with van der Waals surface area (Å²) in [4.78, 5) is 49.3. The Morgan fingerprint density at radius 3 is 2.38 bits per heavy atom. The van der Waals surface area contributed by atoms with Gasteiger partial charge in [-0.05, 0) is 113 Å². The molecule has 2 bridgehead atoms. The molecule has 0 aromatic carbocycles. The fourth-order valence-electron chi connectivity index (χ4n) is 11.4. The van der Waals surface area contributed by atoms with Gasteiger partial charge in [-0.1, -0.05) is 41.0 Å². The average molecular weight is 748 g/mol. The number of methoxy groups -OCH3 is 1. The Hall–Kier alpha value is -1.99. The Morgan fingerprint density at radius 2 is 1.77 bits per heavy atom. The number of nitrogens with one attached hydrogen (secondary N) is 3. The number of hydroxylamine groups is 2. The lowest BCUT2D eigenvalue weighted by atomic mass is 9.45. The van der Waals surface area contributed by atoms with Crippen molar-refractivity contribution in [1.29, 1.82) is 0 Å². The maximum absolute atomic E-state index is 14.6. The second kappa shape index (κ2) is 17.9. The van der Waals surface area contributed by atoms with E-state index in [9.17, 15) is 19.5 Å². The largest absolute Gasteiger partial charge is 0.446 e. The van der Waals surface area contributed by atoms with Crippen molar-refractivity contribution >= 4 is 17.9 Å². The molecule has 0 aromatic rings. The summed E-state index contributed by atoms with van der Waals surface area (Å²) in [5, 5.41) is 21.7. The first kappa shape index (κ1) is 42.2. The molecule has 6 fully saturated rings. The number of amides is 3. The number of ether oxygens (including phenoxy) is 2. The van der Waals surface area contributed by atoms with Crippen molar-refractivity contribution in [3.05, 3.63) is 0 Å². The highest BCUT2D eigenvalue weighted by Crippen LogP contribution is 2.61. The number of rotatable bonds is 14. The van der Waals surface area contributed by atoms with E-state index < -0.39 is 30.3 Å². The number of nitrogens with zero attached hydrogens (tertiary/aromatic N) is 2. The summed E-state index contributed by atoms with van der Waals surface area (Å²) < 4.78 is 12.3. The molecule has 53 heavy (non-hydrogen) atoms. The predicted molar refractivity (Wildman–Crippen MR) is 204 cm³/mol. The lowest BCUT2D eigenvalue weighted by Crippen LogP contribution is -2.62. The van der Waals surface area contributed by atoms with Crippen molar-refractivity contribution in [3.8, 4) is 0 Å². The predicted octanol–water partition coefficient (Wildman–Crippen LogP) is 4.45. The summed E-state index contributed by atoms with van der Waals surface area (Å²) in [6.07, 6.45) is 6.68. The summed E-state index contributed by atoms with van der Waals surface area (Å²) in [5.41, 5.74) is 0.289. The summed E-state index contributed by atoms with van der Waals surface area (Å²) >= 11 is 0. The molecule has 1 aliphatic heterocycles. The van der Waals surface area contributed by atoms with Crippen molar-refractivity contribution in [2.75, 3.05) is 47.9 Å². The van der Waals surface area contributed by atoms with Gasteiger partial charge in [-0.3, -0.25) is 14.4 Å². The Labute approximate surface area is 319 Å². The summed E-state index contributed by atoms with van der Waals surface area (Å²) in [7, 11) is 7.73. The third kappa shape index (κ3) is 9.19. The third-order valence-corrected chi connectivity index (χ3v) is 14.7. The Bertz CT molecular complexity index is 1250. The molecule has 12 heteroatoms. The zero-order valence-corrected chi connectivity index (χ0v) is 34.4. The maximum Gasteiger partial charge on any atom is 0.407 e. The van der Waals surface area contributed by atoms with Crippen molar-refractivity contribution in [3.63, 3.8) is 0 Å². The SMILES string of the molecule is CNC(=O)C1CC(C2CCCC(CN3O[C@@H](CO)C(C(C)OC(=O)NCCC(C)C)[C@H]3C(=O)N[C@H]3C[C@H]4C[C@@H]([C@@H]3C)C4(C)C)C2OC)CC(N(C)C)C1. The van der Waals surface area contributed by atoms with Crippen LogP contribution in [0.25, 0.3) is 0 Å². The van der Waals surface area contributed by atoms with Crippen LogP contribution in [0.5, 0.6) is 0 Å². The van der Waals surface area contributed by atoms with Gasteiger partial charge < -0.3 is 35.4 Å². The highest BCUT2D eigenvalue weighted by molar-refractivity contribution is 5.83. The van der Waals surface area contributed by atoms with E-state index in [2.05, 4.69) is 69.6 Å². The van der Waals surface area contributed by atoms with Crippen LogP contribution in [0, 0.1) is 58.7 Å². The molecular weight excluding hydrogens is 674 g/mol. The highest BCUT2D eigenvalue weighted by atomic mass is 16.7. The zero-order chi connectivity index (χ0) is 38.8. The van der Waals surface area contributed by atoms with E-state index in [1.54, 1.807) is 19.2 Å². The molecule has 14 atom stereocenters. The van der Waals surface area contributed by atoms with Gasteiger partial charge in [-0.2, -0.15) is 5.06 Å². The van der Waals surface area contributed by atoms with Gasteiger partial charge in [-0.25, -0.2) is 4.79 Å². The van der Waals surface area contributed by atoms with Crippen LogP contribution >= 0.6 is 0 Å². The van der Waals surface area contributed by atoms with E-state index in [-0.39, 0.29) is 53.7 Å². The first-order valence-corrected chi connectivity index (χ1v) is 20.8. The maximum atomic E-state index is 14.6. The molecule has 8 unspecified atom stereocenters. The van der Waals surface area contributed by atoms with Crippen LogP contribution in [0.1, 0.15) is 99.3 Å². The molecule has 5 aliphatic carbocycles. The second-order valence-corrected chi connectivity index (χ2v) is 18.7. The van der Waals surface area contributed by atoms with E-state index in [0.29, 0.717) is 48.7 Å². The molecule has 1 heterocycles. The van der Waals surface area contributed by atoms with E-state index >= 15 is 0 Å². The van der Waals surface area contributed by atoms with Gasteiger partial charge in [0.25, 0.3) is 0 Å². The van der Waals surface area contributed by atoms with Gasteiger partial charge in [0, 0.05) is 51.2 Å². The van der Waals surface area contributed by atoms with Crippen molar-refractivity contribution < 1.29 is 33.8 Å².